The van der Waals surface area contributed by atoms with Gasteiger partial charge in [-0.25, -0.2) is 19.0 Å². The lowest BCUT2D eigenvalue weighted by Crippen LogP contribution is -2.47. The van der Waals surface area contributed by atoms with E-state index in [1.807, 2.05) is 24.3 Å². The molecule has 38 heavy (non-hydrogen) atoms. The summed E-state index contributed by atoms with van der Waals surface area (Å²) < 4.78 is 24.4. The molecule has 9 nitrogen and oxygen atoms in total. The molecule has 0 saturated carbocycles. The van der Waals surface area contributed by atoms with Crippen molar-refractivity contribution in [1.82, 2.24) is 15.2 Å². The molecule has 0 radical (unpaired) electrons. The number of urea groups is 1. The minimum atomic E-state index is -0.858. The highest BCUT2D eigenvalue weighted by Gasteiger charge is 2.27. The van der Waals surface area contributed by atoms with Gasteiger partial charge in [0, 0.05) is 25.2 Å². The number of carbonyl (C=O) groups excluding carboxylic acids is 3. The zero-order chi connectivity index (χ0) is 27.9. The van der Waals surface area contributed by atoms with Crippen molar-refractivity contribution in [3.8, 4) is 0 Å². The number of pyridine rings is 1. The number of benzene rings is 2. The van der Waals surface area contributed by atoms with Crippen LogP contribution in [-0.4, -0.2) is 53.3 Å². The lowest BCUT2D eigenvalue weighted by atomic mass is 10.1. The predicted octanol–water partition coefficient (Wildman–Crippen LogP) is 5.52. The highest BCUT2D eigenvalue weighted by Crippen LogP contribution is 2.20. The van der Waals surface area contributed by atoms with Crippen molar-refractivity contribution in [1.29, 1.82) is 0 Å². The fraction of sp³-hybridized carbons (Fsp3) is 0.333. The van der Waals surface area contributed by atoms with E-state index in [0.29, 0.717) is 5.56 Å². The second-order valence-electron chi connectivity index (χ2n) is 9.57. The quantitative estimate of drug-likeness (QED) is 0.361. The smallest absolute Gasteiger partial charge is 0.412 e. The molecule has 0 spiro atoms. The van der Waals surface area contributed by atoms with Crippen LogP contribution < -0.4 is 10.6 Å². The Morgan fingerprint density at radius 3 is 2.53 bits per heavy atom. The third-order valence-corrected chi connectivity index (χ3v) is 5.84. The van der Waals surface area contributed by atoms with E-state index in [2.05, 4.69) is 15.6 Å². The van der Waals surface area contributed by atoms with E-state index < -0.39 is 35.6 Å². The summed E-state index contributed by atoms with van der Waals surface area (Å²) in [5.74, 6) is -0.888. The zero-order valence-electron chi connectivity index (χ0n) is 21.6. The third kappa shape index (κ3) is 8.31. The maximum Gasteiger partial charge on any atom is 0.412 e. The maximum atomic E-state index is 13.7. The summed E-state index contributed by atoms with van der Waals surface area (Å²) in [6.45, 7) is 4.82. The number of hydrogen-bond donors (Lipinski definition) is 2. The topological polar surface area (TPSA) is 110 Å². The maximum absolute atomic E-state index is 13.7. The second-order valence-corrected chi connectivity index (χ2v) is 9.95. The number of likely N-dealkylation sites (N-methyl/N-ethyl adjacent to an activating group) is 1. The molecule has 3 rings (SSSR count). The number of hydrogen-bond acceptors (Lipinski definition) is 6. The molecule has 2 aromatic carbocycles. The molecule has 0 bridgehead atoms. The molecule has 3 amide bonds. The zero-order valence-corrected chi connectivity index (χ0v) is 22.3. The van der Waals surface area contributed by atoms with E-state index in [0.717, 1.165) is 10.8 Å². The monoisotopic (exact) mass is 544 g/mol. The largest absolute Gasteiger partial charge is 0.460 e. The number of anilines is 1. The normalized spacial score (nSPS) is 11.9. The number of nitrogens with zero attached hydrogens (tertiary/aromatic N) is 2. The number of fused-ring (bicyclic) bond motifs is 1. The Morgan fingerprint density at radius 2 is 1.82 bits per heavy atom. The minimum absolute atomic E-state index is 0.0477. The van der Waals surface area contributed by atoms with Gasteiger partial charge in [-0.3, -0.25) is 10.1 Å². The van der Waals surface area contributed by atoms with E-state index in [1.165, 1.54) is 24.1 Å². The van der Waals surface area contributed by atoms with Crippen LogP contribution in [0.3, 0.4) is 0 Å². The van der Waals surface area contributed by atoms with Crippen molar-refractivity contribution >= 4 is 46.3 Å². The average Bonchev–Trinajstić information content (AvgIpc) is 2.85. The first-order valence-electron chi connectivity index (χ1n) is 11.9. The van der Waals surface area contributed by atoms with Crippen LogP contribution >= 0.6 is 11.6 Å². The highest BCUT2D eigenvalue weighted by molar-refractivity contribution is 6.31. The van der Waals surface area contributed by atoms with Gasteiger partial charge in [0.25, 0.3) is 0 Å². The number of aromatic nitrogens is 1. The molecule has 0 aliphatic rings. The van der Waals surface area contributed by atoms with Crippen molar-refractivity contribution in [3.63, 3.8) is 0 Å². The molecular formula is C27H30ClFN4O5. The Kier molecular flexibility index (Phi) is 9.46. The Hall–Kier alpha value is -3.92. The summed E-state index contributed by atoms with van der Waals surface area (Å²) in [6.07, 6.45) is 0.588. The van der Waals surface area contributed by atoms with Crippen molar-refractivity contribution in [2.24, 2.45) is 0 Å². The molecule has 0 saturated heterocycles. The van der Waals surface area contributed by atoms with Gasteiger partial charge >= 0.3 is 18.1 Å². The van der Waals surface area contributed by atoms with Gasteiger partial charge in [-0.05, 0) is 43.9 Å². The molecule has 1 atom stereocenters. The first kappa shape index (κ1) is 28.6. The number of rotatable bonds is 8. The Labute approximate surface area is 225 Å². The van der Waals surface area contributed by atoms with Gasteiger partial charge in [0.2, 0.25) is 0 Å². The van der Waals surface area contributed by atoms with E-state index in [4.69, 9.17) is 21.1 Å². The van der Waals surface area contributed by atoms with E-state index in [1.54, 1.807) is 39.1 Å². The molecule has 1 aromatic heterocycles. The first-order chi connectivity index (χ1) is 17.9. The SMILES string of the molecule is CN(C(=O)NCc1cccc(F)c1Cl)[C@H](COC(=O)Nc1cc2ccccc2cn1)CC(=O)OC(C)(C)C. The summed E-state index contributed by atoms with van der Waals surface area (Å²) in [5.41, 5.74) is -0.355. The highest BCUT2D eigenvalue weighted by atomic mass is 35.5. The molecule has 0 aliphatic heterocycles. The number of halogens is 2. The number of nitrogens with one attached hydrogen (secondary N) is 2. The number of esters is 1. The van der Waals surface area contributed by atoms with Crippen LogP contribution in [0, 0.1) is 5.82 Å². The van der Waals surface area contributed by atoms with E-state index in [9.17, 15) is 18.8 Å². The van der Waals surface area contributed by atoms with Gasteiger partial charge in [0.1, 0.15) is 23.8 Å². The van der Waals surface area contributed by atoms with E-state index in [-0.39, 0.29) is 30.4 Å². The summed E-state index contributed by atoms with van der Waals surface area (Å²) >= 11 is 5.96. The molecule has 2 N–H and O–H groups in total. The Balaban J connectivity index is 1.65. The van der Waals surface area contributed by atoms with Crippen LogP contribution in [0.1, 0.15) is 32.8 Å². The lowest BCUT2D eigenvalue weighted by Gasteiger charge is -2.29. The summed E-state index contributed by atoms with van der Waals surface area (Å²) in [6, 6.07) is 12.1. The molecular weight excluding hydrogens is 515 g/mol. The van der Waals surface area contributed by atoms with Crippen molar-refractivity contribution in [2.75, 3.05) is 19.0 Å². The summed E-state index contributed by atoms with van der Waals surface area (Å²) in [7, 11) is 1.45. The summed E-state index contributed by atoms with van der Waals surface area (Å²) in [4.78, 5) is 43.2. The van der Waals surface area contributed by atoms with Gasteiger partial charge in [0.15, 0.2) is 0 Å². The predicted molar refractivity (Wildman–Crippen MR) is 142 cm³/mol. The van der Waals surface area contributed by atoms with E-state index >= 15 is 0 Å². The molecule has 0 unspecified atom stereocenters. The minimum Gasteiger partial charge on any atom is -0.460 e. The fourth-order valence-corrected chi connectivity index (χ4v) is 3.69. The lowest BCUT2D eigenvalue weighted by molar-refractivity contribution is -0.156. The van der Waals surface area contributed by atoms with Gasteiger partial charge in [0.05, 0.1) is 17.5 Å². The third-order valence-electron chi connectivity index (χ3n) is 5.42. The summed E-state index contributed by atoms with van der Waals surface area (Å²) in [5, 5.41) is 6.88. The molecule has 1 heterocycles. The van der Waals surface area contributed by atoms with Crippen molar-refractivity contribution in [2.45, 2.75) is 45.4 Å². The number of carbonyl (C=O) groups is 3. The fourth-order valence-electron chi connectivity index (χ4n) is 3.49. The number of amides is 3. The second kappa shape index (κ2) is 12.6. The standard InChI is InChI=1S/C27H30ClFN4O5/c1-27(2,3)38-23(34)13-20(33(4)25(35)31-15-19-10-7-11-21(29)24(19)28)16-37-26(36)32-22-12-17-8-5-6-9-18(17)14-30-22/h5-12,14,20H,13,15-16H2,1-4H3,(H,31,35)(H,30,32,36)/t20-/m0/s1. The molecule has 3 aromatic rings. The Morgan fingerprint density at radius 1 is 1.11 bits per heavy atom. The van der Waals surface area contributed by atoms with Gasteiger partial charge in [-0.2, -0.15) is 0 Å². The van der Waals surface area contributed by atoms with Crippen LogP contribution in [0.4, 0.5) is 19.8 Å². The van der Waals surface area contributed by atoms with Gasteiger partial charge in [-0.1, -0.05) is 48.0 Å². The molecule has 0 fully saturated rings. The average molecular weight is 545 g/mol. The first-order valence-corrected chi connectivity index (χ1v) is 12.2. The van der Waals surface area contributed by atoms with Gasteiger partial charge < -0.3 is 19.7 Å². The molecule has 202 valence electrons. The van der Waals surface area contributed by atoms with Gasteiger partial charge in [-0.15, -0.1) is 0 Å². The molecule has 11 heteroatoms. The number of ether oxygens (including phenoxy) is 2. The van der Waals surface area contributed by atoms with Crippen LogP contribution in [0.25, 0.3) is 10.8 Å². The van der Waals surface area contributed by atoms with Crippen LogP contribution in [0.15, 0.2) is 54.7 Å². The van der Waals surface area contributed by atoms with Crippen LogP contribution in [0.5, 0.6) is 0 Å². The van der Waals surface area contributed by atoms with Crippen LogP contribution in [0.2, 0.25) is 5.02 Å². The van der Waals surface area contributed by atoms with Crippen LogP contribution in [-0.2, 0) is 20.8 Å². The Bertz CT molecular complexity index is 1310. The molecule has 0 aliphatic carbocycles. The van der Waals surface area contributed by atoms with Crippen molar-refractivity contribution in [3.05, 3.63) is 71.1 Å². The van der Waals surface area contributed by atoms with Crippen molar-refractivity contribution < 1.29 is 28.2 Å².